The minimum Gasteiger partial charge on any atom is -0.510 e. The van der Waals surface area contributed by atoms with E-state index in [4.69, 9.17) is 5.73 Å². The van der Waals surface area contributed by atoms with Crippen LogP contribution in [0.25, 0.3) is 0 Å². The number of phenols is 1. The smallest absolute Gasteiger partial charge is 0.255 e. The van der Waals surface area contributed by atoms with Crippen molar-refractivity contribution in [3.05, 3.63) is 51.5 Å². The number of aromatic hydroxyl groups is 1. The average molecular weight is 485 g/mol. The lowest BCUT2D eigenvalue weighted by Crippen LogP contribution is -2.63. The maximum absolute atomic E-state index is 13.6. The highest BCUT2D eigenvalue weighted by atomic mass is 16.3. The number of aryl methyl sites for hydroxylation is 1. The third-order valence-corrected chi connectivity index (χ3v) is 7.75. The first-order valence-corrected chi connectivity index (χ1v) is 11.9. The molecular weight excluding hydrogens is 452 g/mol. The number of Topliss-reactive ketones (excluding diaryl/α,β-unsaturated/α-hetero) is 2. The zero-order valence-corrected chi connectivity index (χ0v) is 20.2. The Kier molecular flexibility index (Phi) is 6.27. The number of rotatable bonds is 6. The minimum absolute atomic E-state index is 0.0692. The summed E-state index contributed by atoms with van der Waals surface area (Å²) >= 11 is 0. The molecule has 1 aromatic rings. The van der Waals surface area contributed by atoms with Gasteiger partial charge >= 0.3 is 0 Å². The number of likely N-dealkylation sites (N-methyl/N-ethyl adjacent to an activating group) is 1. The lowest BCUT2D eigenvalue weighted by molar-refractivity contribution is -0.148. The summed E-state index contributed by atoms with van der Waals surface area (Å²) in [7, 11) is 3.22. The molecule has 1 amide bonds. The van der Waals surface area contributed by atoms with E-state index in [0.717, 1.165) is 31.2 Å². The average Bonchev–Trinajstić information content (AvgIpc) is 2.77. The Hall–Kier alpha value is -3.17. The lowest BCUT2D eigenvalue weighted by atomic mass is 9.58. The summed E-state index contributed by atoms with van der Waals surface area (Å²) in [4.78, 5) is 40.4. The van der Waals surface area contributed by atoms with Crippen molar-refractivity contribution in [3.8, 4) is 5.75 Å². The number of phenolic OH excluding ortho intramolecular Hbond substituents is 1. The summed E-state index contributed by atoms with van der Waals surface area (Å²) in [5.41, 5.74) is 3.51. The largest absolute Gasteiger partial charge is 0.510 e. The van der Waals surface area contributed by atoms with Crippen molar-refractivity contribution in [2.24, 2.45) is 17.6 Å². The highest BCUT2D eigenvalue weighted by molar-refractivity contribution is 6.24. The van der Waals surface area contributed by atoms with E-state index in [1.54, 1.807) is 19.0 Å². The van der Waals surface area contributed by atoms with Crippen LogP contribution >= 0.6 is 0 Å². The van der Waals surface area contributed by atoms with E-state index in [2.05, 4.69) is 6.92 Å². The molecule has 4 atom stereocenters. The van der Waals surface area contributed by atoms with Gasteiger partial charge in [0.1, 0.15) is 22.8 Å². The van der Waals surface area contributed by atoms with Crippen LogP contribution in [-0.4, -0.2) is 68.5 Å². The molecule has 0 heterocycles. The highest BCUT2D eigenvalue weighted by Gasteiger charge is 2.63. The van der Waals surface area contributed by atoms with E-state index in [1.807, 2.05) is 6.07 Å². The van der Waals surface area contributed by atoms with Crippen LogP contribution < -0.4 is 5.73 Å². The first-order chi connectivity index (χ1) is 16.5. The van der Waals surface area contributed by atoms with Crippen LogP contribution in [0.1, 0.15) is 54.1 Å². The number of amides is 1. The lowest BCUT2D eigenvalue weighted by Gasteiger charge is -2.50. The first-order valence-electron chi connectivity index (χ1n) is 11.9. The van der Waals surface area contributed by atoms with E-state index in [-0.39, 0.29) is 23.3 Å². The van der Waals surface area contributed by atoms with E-state index in [0.29, 0.717) is 12.0 Å². The summed E-state index contributed by atoms with van der Waals surface area (Å²) < 4.78 is 0. The number of aliphatic hydroxyl groups excluding tert-OH is 2. The second-order valence-corrected chi connectivity index (χ2v) is 10.0. The number of nitrogens with two attached hydrogens (primary N) is 1. The minimum atomic E-state index is -2.61. The summed E-state index contributed by atoms with van der Waals surface area (Å²) in [6, 6.07) is 2.27. The number of carbonyl (C=O) groups excluding carboxylic acids is 3. The molecule has 9 nitrogen and oxygen atoms in total. The van der Waals surface area contributed by atoms with Gasteiger partial charge in [-0.05, 0) is 62.9 Å². The molecule has 0 fully saturated rings. The SMILES string of the molecule is CCCCCc1ccc(O)c2c1C[C@@H]1C[C@H]3[C@H](N(C)C)C(O)=C(C(N)=O)C(=O)[C@@]3(O)C(O)=C1C2=O. The molecule has 4 rings (SSSR count). The molecule has 0 saturated heterocycles. The first kappa shape index (κ1) is 24.9. The molecule has 3 aliphatic carbocycles. The Morgan fingerprint density at radius 2 is 1.86 bits per heavy atom. The number of nitrogens with zero attached hydrogens (tertiary/aromatic N) is 1. The number of benzene rings is 1. The topological polar surface area (TPSA) is 161 Å². The molecular formula is C26H32N2O7. The number of primary amides is 1. The van der Waals surface area contributed by atoms with Gasteiger partial charge in [-0.1, -0.05) is 25.8 Å². The van der Waals surface area contributed by atoms with Crippen LogP contribution in [0.2, 0.25) is 0 Å². The number of unbranched alkanes of at least 4 members (excludes halogenated alkanes) is 2. The molecule has 9 heteroatoms. The molecule has 188 valence electrons. The Labute approximate surface area is 203 Å². The molecule has 0 bridgehead atoms. The number of hydrogen-bond donors (Lipinski definition) is 5. The third kappa shape index (κ3) is 3.56. The molecule has 1 aromatic carbocycles. The van der Waals surface area contributed by atoms with Gasteiger partial charge in [-0.15, -0.1) is 0 Å². The highest BCUT2D eigenvalue weighted by Crippen LogP contribution is 2.52. The van der Waals surface area contributed by atoms with Gasteiger partial charge in [0.15, 0.2) is 11.4 Å². The van der Waals surface area contributed by atoms with Crippen LogP contribution in [0.5, 0.6) is 5.75 Å². The molecule has 0 radical (unpaired) electrons. The number of aliphatic hydroxyl groups is 3. The molecule has 35 heavy (non-hydrogen) atoms. The van der Waals surface area contributed by atoms with Crippen molar-refractivity contribution < 1.29 is 34.8 Å². The zero-order valence-electron chi connectivity index (χ0n) is 20.2. The van der Waals surface area contributed by atoms with E-state index in [1.165, 1.54) is 6.07 Å². The van der Waals surface area contributed by atoms with Crippen molar-refractivity contribution >= 4 is 17.5 Å². The van der Waals surface area contributed by atoms with E-state index < -0.39 is 58.0 Å². The maximum atomic E-state index is 13.6. The van der Waals surface area contributed by atoms with Crippen molar-refractivity contribution in [2.75, 3.05) is 14.1 Å². The predicted molar refractivity (Wildman–Crippen MR) is 127 cm³/mol. The van der Waals surface area contributed by atoms with Crippen LogP contribution in [-0.2, 0) is 22.4 Å². The fraction of sp³-hybridized carbons (Fsp3) is 0.500. The summed E-state index contributed by atoms with van der Waals surface area (Å²) in [5.74, 6) is -6.32. The number of carbonyl (C=O) groups is 3. The summed E-state index contributed by atoms with van der Waals surface area (Å²) in [6.07, 6.45) is 4.13. The normalized spacial score (nSPS) is 28.2. The quantitative estimate of drug-likeness (QED) is 0.302. The number of allylic oxidation sites excluding steroid dienone is 1. The van der Waals surface area contributed by atoms with Gasteiger partial charge in [-0.3, -0.25) is 19.3 Å². The molecule has 3 aliphatic rings. The van der Waals surface area contributed by atoms with Gasteiger partial charge < -0.3 is 26.2 Å². The van der Waals surface area contributed by atoms with E-state index >= 15 is 0 Å². The van der Waals surface area contributed by atoms with Gasteiger partial charge in [0.2, 0.25) is 5.78 Å². The van der Waals surface area contributed by atoms with Gasteiger partial charge in [-0.25, -0.2) is 0 Å². The Bertz CT molecular complexity index is 1180. The van der Waals surface area contributed by atoms with Crippen molar-refractivity contribution in [3.63, 3.8) is 0 Å². The van der Waals surface area contributed by atoms with Crippen LogP contribution in [0.15, 0.2) is 34.8 Å². The van der Waals surface area contributed by atoms with Crippen molar-refractivity contribution in [2.45, 2.75) is 57.1 Å². The molecule has 0 spiro atoms. The second-order valence-electron chi connectivity index (χ2n) is 10.0. The monoisotopic (exact) mass is 484 g/mol. The van der Waals surface area contributed by atoms with Gasteiger partial charge in [0, 0.05) is 11.5 Å². The van der Waals surface area contributed by atoms with Crippen LogP contribution in [0.3, 0.4) is 0 Å². The number of ketones is 2. The second kappa shape index (κ2) is 8.80. The van der Waals surface area contributed by atoms with Crippen molar-refractivity contribution in [1.82, 2.24) is 4.90 Å². The molecule has 6 N–H and O–H groups in total. The third-order valence-electron chi connectivity index (χ3n) is 7.75. The summed E-state index contributed by atoms with van der Waals surface area (Å²) in [5, 5.41) is 44.2. The Balaban J connectivity index is 1.89. The number of fused-ring (bicyclic) bond motifs is 3. The predicted octanol–water partition coefficient (Wildman–Crippen LogP) is 1.85. The fourth-order valence-corrected chi connectivity index (χ4v) is 6.11. The van der Waals surface area contributed by atoms with Crippen molar-refractivity contribution in [1.29, 1.82) is 0 Å². The van der Waals surface area contributed by atoms with E-state index in [9.17, 15) is 34.8 Å². The molecule has 0 aliphatic heterocycles. The Morgan fingerprint density at radius 1 is 1.17 bits per heavy atom. The van der Waals surface area contributed by atoms with Crippen LogP contribution in [0, 0.1) is 11.8 Å². The zero-order chi connectivity index (χ0) is 25.8. The summed E-state index contributed by atoms with van der Waals surface area (Å²) in [6.45, 7) is 2.10. The Morgan fingerprint density at radius 3 is 2.46 bits per heavy atom. The molecule has 0 aromatic heterocycles. The van der Waals surface area contributed by atoms with Gasteiger partial charge in [0.25, 0.3) is 5.91 Å². The van der Waals surface area contributed by atoms with Gasteiger partial charge in [-0.2, -0.15) is 0 Å². The van der Waals surface area contributed by atoms with Gasteiger partial charge in [0.05, 0.1) is 11.6 Å². The molecule has 0 unspecified atom stereocenters. The number of hydrogen-bond acceptors (Lipinski definition) is 8. The molecule has 0 saturated carbocycles. The fourth-order valence-electron chi connectivity index (χ4n) is 6.11. The maximum Gasteiger partial charge on any atom is 0.255 e. The standard InChI is InChI=1S/C26H32N2O7/c1-4-5-6-7-12-8-9-16(29)18-14(12)10-13-11-15-20(28(2)3)22(31)19(25(27)34)24(33)26(15,35)23(32)17(13)21(18)30/h8-9,13,15,20,29,31-32,35H,4-7,10-11H2,1-3H3,(H2,27,34)/t13-,15+,20+,26+/m1/s1. The van der Waals surface area contributed by atoms with Crippen LogP contribution in [0.4, 0.5) is 0 Å².